The maximum Gasteiger partial charge on any atom is 0.0701 e. The highest BCUT2D eigenvalue weighted by molar-refractivity contribution is 14.1. The molecule has 0 bridgehead atoms. The maximum absolute atomic E-state index is 5.42. The first-order valence-electron chi connectivity index (χ1n) is 9.52. The van der Waals surface area contributed by atoms with E-state index in [0.717, 1.165) is 30.5 Å². The van der Waals surface area contributed by atoms with Crippen LogP contribution in [0.25, 0.3) is 0 Å². The van der Waals surface area contributed by atoms with Gasteiger partial charge in [-0.1, -0.05) is 35.9 Å². The van der Waals surface area contributed by atoms with Gasteiger partial charge in [0.2, 0.25) is 0 Å². The minimum atomic E-state index is 0.563. The molecule has 0 fully saturated rings. The van der Waals surface area contributed by atoms with Gasteiger partial charge in [-0.3, -0.25) is 0 Å². The third-order valence-electron chi connectivity index (χ3n) is 3.10. The summed E-state index contributed by atoms with van der Waals surface area (Å²) in [5, 5.41) is 0. The van der Waals surface area contributed by atoms with Gasteiger partial charge in [0.05, 0.1) is 85.9 Å². The zero-order valence-corrected chi connectivity index (χ0v) is 18.4. The van der Waals surface area contributed by atoms with Gasteiger partial charge >= 0.3 is 0 Å². The maximum atomic E-state index is 5.42. The molecule has 0 N–H and O–H groups in total. The van der Waals surface area contributed by atoms with E-state index in [4.69, 9.17) is 33.2 Å². The van der Waals surface area contributed by atoms with E-state index in [1.165, 1.54) is 0 Å². The molecule has 8 heteroatoms. The fraction of sp³-hybridized carbons (Fsp3) is 1.00. The Morgan fingerprint density at radius 3 is 0.962 bits per heavy atom. The van der Waals surface area contributed by atoms with Crippen molar-refractivity contribution in [1.29, 1.82) is 0 Å². The van der Waals surface area contributed by atoms with Gasteiger partial charge in [0.1, 0.15) is 0 Å². The van der Waals surface area contributed by atoms with Crippen LogP contribution in [0.2, 0.25) is 0 Å². The lowest BCUT2D eigenvalue weighted by molar-refractivity contribution is -0.0200. The predicted octanol–water partition coefficient (Wildman–Crippen LogP) is 2.34. The number of unbranched alkanes of at least 4 members (excludes halogenated alkanes) is 1. The molecule has 0 rings (SSSR count). The molecule has 0 spiro atoms. The highest BCUT2D eigenvalue weighted by atomic mass is 127. The molecule has 0 atom stereocenters. The summed E-state index contributed by atoms with van der Waals surface area (Å²) in [6.45, 7) is 10.9. The fourth-order valence-corrected chi connectivity index (χ4v) is 2.03. The predicted molar refractivity (Wildman–Crippen MR) is 110 cm³/mol. The Labute approximate surface area is 172 Å². The molecule has 0 aliphatic rings. The van der Waals surface area contributed by atoms with E-state index >= 15 is 0 Å². The average molecular weight is 492 g/mol. The van der Waals surface area contributed by atoms with E-state index in [0.29, 0.717) is 79.3 Å². The summed E-state index contributed by atoms with van der Waals surface area (Å²) >= 11 is 2.28. The Hall–Kier alpha value is 0.450. The highest BCUT2D eigenvalue weighted by Gasteiger charge is 1.94. The van der Waals surface area contributed by atoms with Crippen molar-refractivity contribution in [1.82, 2.24) is 0 Å². The lowest BCUT2D eigenvalue weighted by Gasteiger charge is -2.08. The summed E-state index contributed by atoms with van der Waals surface area (Å²) in [7, 11) is 0. The van der Waals surface area contributed by atoms with Gasteiger partial charge in [-0.2, -0.15) is 0 Å². The SMILES string of the molecule is CCCCOCCOCCOCCOCCOCCOCCOCCI. The zero-order chi connectivity index (χ0) is 19.0. The molecular formula is C18H37IO7. The summed E-state index contributed by atoms with van der Waals surface area (Å²) in [5.74, 6) is 0. The molecule has 0 saturated carbocycles. The lowest BCUT2D eigenvalue weighted by Crippen LogP contribution is -2.14. The molecule has 0 aromatic rings. The Balaban J connectivity index is 2.95. The molecule has 158 valence electrons. The molecule has 0 aliphatic carbocycles. The van der Waals surface area contributed by atoms with E-state index in [-0.39, 0.29) is 0 Å². The molecule has 26 heavy (non-hydrogen) atoms. The topological polar surface area (TPSA) is 64.6 Å². The van der Waals surface area contributed by atoms with E-state index < -0.39 is 0 Å². The van der Waals surface area contributed by atoms with Crippen LogP contribution in [0.5, 0.6) is 0 Å². The largest absolute Gasteiger partial charge is 0.379 e. The zero-order valence-electron chi connectivity index (χ0n) is 16.3. The molecule has 0 saturated heterocycles. The van der Waals surface area contributed by atoms with Crippen LogP contribution in [-0.2, 0) is 33.2 Å². The number of alkyl halides is 1. The second kappa shape index (κ2) is 25.4. The van der Waals surface area contributed by atoms with Gasteiger partial charge in [0.25, 0.3) is 0 Å². The quantitative estimate of drug-likeness (QED) is 0.123. The first kappa shape index (κ1) is 26.4. The van der Waals surface area contributed by atoms with Gasteiger partial charge in [0, 0.05) is 11.0 Å². The number of halogens is 1. The van der Waals surface area contributed by atoms with Crippen LogP contribution in [0.3, 0.4) is 0 Å². The van der Waals surface area contributed by atoms with Gasteiger partial charge < -0.3 is 33.2 Å². The van der Waals surface area contributed by atoms with Crippen molar-refractivity contribution in [3.8, 4) is 0 Å². The number of rotatable bonds is 23. The van der Waals surface area contributed by atoms with E-state index in [1.807, 2.05) is 0 Å². The molecular weight excluding hydrogens is 455 g/mol. The standard InChI is InChI=1S/C18H37IO7/c1-2-3-5-20-7-9-22-11-13-24-15-17-26-18-16-25-14-12-23-10-8-21-6-4-19/h2-18H2,1H3. The summed E-state index contributed by atoms with van der Waals surface area (Å²) in [6.07, 6.45) is 2.27. The summed E-state index contributed by atoms with van der Waals surface area (Å²) in [5.41, 5.74) is 0. The summed E-state index contributed by atoms with van der Waals surface area (Å²) < 4.78 is 38.7. The first-order valence-corrected chi connectivity index (χ1v) is 11.0. The second-order valence-corrected chi connectivity index (χ2v) is 6.41. The van der Waals surface area contributed by atoms with Gasteiger partial charge in [0.15, 0.2) is 0 Å². The third kappa shape index (κ3) is 24.5. The molecule has 0 aromatic carbocycles. The van der Waals surface area contributed by atoms with Crippen molar-refractivity contribution in [2.24, 2.45) is 0 Å². The van der Waals surface area contributed by atoms with Gasteiger partial charge in [-0.15, -0.1) is 0 Å². The molecule has 0 heterocycles. The highest BCUT2D eigenvalue weighted by Crippen LogP contribution is 1.88. The van der Waals surface area contributed by atoms with Crippen molar-refractivity contribution in [3.05, 3.63) is 0 Å². The molecule has 0 radical (unpaired) electrons. The molecule has 0 aliphatic heterocycles. The summed E-state index contributed by atoms with van der Waals surface area (Å²) in [6, 6.07) is 0. The number of hydrogen-bond acceptors (Lipinski definition) is 7. The second-order valence-electron chi connectivity index (χ2n) is 5.33. The van der Waals surface area contributed by atoms with Gasteiger partial charge in [-0.25, -0.2) is 0 Å². The molecule has 0 amide bonds. The van der Waals surface area contributed by atoms with Crippen LogP contribution < -0.4 is 0 Å². The van der Waals surface area contributed by atoms with Crippen molar-refractivity contribution >= 4 is 22.6 Å². The van der Waals surface area contributed by atoms with Crippen LogP contribution in [-0.4, -0.2) is 96.9 Å². The monoisotopic (exact) mass is 492 g/mol. The Morgan fingerprint density at radius 2 is 0.692 bits per heavy atom. The number of ether oxygens (including phenoxy) is 7. The molecule has 0 aromatic heterocycles. The Kier molecular flexibility index (Phi) is 25.9. The Morgan fingerprint density at radius 1 is 0.423 bits per heavy atom. The van der Waals surface area contributed by atoms with Crippen LogP contribution in [0.4, 0.5) is 0 Å². The summed E-state index contributed by atoms with van der Waals surface area (Å²) in [4.78, 5) is 0. The minimum absolute atomic E-state index is 0.563. The minimum Gasteiger partial charge on any atom is -0.379 e. The smallest absolute Gasteiger partial charge is 0.0701 e. The number of hydrogen-bond donors (Lipinski definition) is 0. The van der Waals surface area contributed by atoms with E-state index in [9.17, 15) is 0 Å². The van der Waals surface area contributed by atoms with Crippen molar-refractivity contribution in [2.75, 3.05) is 96.9 Å². The molecule has 7 nitrogen and oxygen atoms in total. The van der Waals surface area contributed by atoms with Crippen LogP contribution >= 0.6 is 22.6 Å². The van der Waals surface area contributed by atoms with Crippen molar-refractivity contribution in [2.45, 2.75) is 19.8 Å². The van der Waals surface area contributed by atoms with Crippen molar-refractivity contribution < 1.29 is 33.2 Å². The first-order chi connectivity index (χ1) is 12.9. The lowest BCUT2D eigenvalue weighted by atomic mass is 10.4. The fourth-order valence-electron chi connectivity index (χ4n) is 1.72. The van der Waals surface area contributed by atoms with Gasteiger partial charge in [-0.05, 0) is 6.42 Å². The average Bonchev–Trinajstić information content (AvgIpc) is 2.66. The van der Waals surface area contributed by atoms with Crippen LogP contribution in [0.1, 0.15) is 19.8 Å². The van der Waals surface area contributed by atoms with E-state index in [2.05, 4.69) is 29.5 Å². The molecule has 0 unspecified atom stereocenters. The normalized spacial score (nSPS) is 11.3. The third-order valence-corrected chi connectivity index (χ3v) is 3.54. The van der Waals surface area contributed by atoms with Crippen molar-refractivity contribution in [3.63, 3.8) is 0 Å². The van der Waals surface area contributed by atoms with E-state index in [1.54, 1.807) is 0 Å². The Bertz CT molecular complexity index is 224. The van der Waals surface area contributed by atoms with Crippen LogP contribution in [0.15, 0.2) is 0 Å². The van der Waals surface area contributed by atoms with Crippen LogP contribution in [0, 0.1) is 0 Å².